The van der Waals surface area contributed by atoms with Gasteiger partial charge in [-0.3, -0.25) is 28.8 Å². The van der Waals surface area contributed by atoms with Gasteiger partial charge in [-0.05, 0) is 61.3 Å². The first-order chi connectivity index (χ1) is 24.9. The second-order valence-electron chi connectivity index (χ2n) is 13.6. The number of thioether (sulfide) groups is 1. The number of hydrogen-bond donors (Lipinski definition) is 6. The summed E-state index contributed by atoms with van der Waals surface area (Å²) in [6.07, 6.45) is 5.44. The van der Waals surface area contributed by atoms with E-state index in [9.17, 15) is 28.8 Å². The lowest BCUT2D eigenvalue weighted by Crippen LogP contribution is -2.58. The van der Waals surface area contributed by atoms with Gasteiger partial charge in [0, 0.05) is 19.9 Å². The van der Waals surface area contributed by atoms with Gasteiger partial charge in [0.05, 0.1) is 12.6 Å². The fourth-order valence-electron chi connectivity index (χ4n) is 6.07. The lowest BCUT2D eigenvalue weighted by molar-refractivity contribution is -0.142. The molecule has 1 heterocycles. The summed E-state index contributed by atoms with van der Waals surface area (Å²) in [6, 6.07) is 14.3. The quantitative estimate of drug-likeness (QED) is 0.117. The van der Waals surface area contributed by atoms with Gasteiger partial charge in [-0.15, -0.1) is 0 Å². The van der Waals surface area contributed by atoms with Crippen LogP contribution in [0.15, 0.2) is 60.7 Å². The number of amides is 6. The van der Waals surface area contributed by atoms with Gasteiger partial charge in [0.1, 0.15) is 24.2 Å². The second kappa shape index (κ2) is 21.8. The summed E-state index contributed by atoms with van der Waals surface area (Å²) in [5.41, 5.74) is 7.14. The summed E-state index contributed by atoms with van der Waals surface area (Å²) in [6.45, 7) is 4.05. The number of nitrogens with two attached hydrogens (primary N) is 1. The van der Waals surface area contributed by atoms with Crippen molar-refractivity contribution in [2.24, 2.45) is 11.7 Å². The van der Waals surface area contributed by atoms with Crippen LogP contribution >= 0.6 is 11.8 Å². The van der Waals surface area contributed by atoms with E-state index < -0.39 is 66.3 Å². The number of carbonyl (C=O) groups is 6. The molecule has 2 aromatic rings. The van der Waals surface area contributed by atoms with E-state index in [0.717, 1.165) is 30.5 Å². The predicted molar refractivity (Wildman–Crippen MR) is 203 cm³/mol. The van der Waals surface area contributed by atoms with Crippen LogP contribution in [-0.2, 0) is 41.6 Å². The zero-order valence-electron chi connectivity index (χ0n) is 30.7. The second-order valence-corrected chi connectivity index (χ2v) is 14.6. The highest BCUT2D eigenvalue weighted by atomic mass is 32.2. The third-order valence-corrected chi connectivity index (χ3v) is 9.61. The molecule has 0 spiro atoms. The van der Waals surface area contributed by atoms with E-state index in [0.29, 0.717) is 18.6 Å². The first-order valence-electron chi connectivity index (χ1n) is 17.9. The maximum absolute atomic E-state index is 14.2. The maximum Gasteiger partial charge on any atom is 0.245 e. The van der Waals surface area contributed by atoms with Crippen LogP contribution in [0.25, 0.3) is 0 Å². The summed E-state index contributed by atoms with van der Waals surface area (Å²) < 4.78 is 0. The number of likely N-dealkylation sites (N-methyl/N-ethyl adjacent to an activating group) is 1. The van der Waals surface area contributed by atoms with Crippen LogP contribution in [0.1, 0.15) is 57.1 Å². The van der Waals surface area contributed by atoms with E-state index in [1.54, 1.807) is 0 Å². The number of carbonyl (C=O) groups excluding carboxylic acids is 6. The molecule has 0 unspecified atom stereocenters. The predicted octanol–water partition coefficient (Wildman–Crippen LogP) is 1.30. The van der Waals surface area contributed by atoms with Crippen LogP contribution in [0.2, 0.25) is 0 Å². The van der Waals surface area contributed by atoms with E-state index in [4.69, 9.17) is 5.73 Å². The number of nitrogens with one attached hydrogen (secondary N) is 5. The van der Waals surface area contributed by atoms with Crippen molar-refractivity contribution in [2.75, 3.05) is 32.1 Å². The van der Waals surface area contributed by atoms with E-state index in [-0.39, 0.29) is 31.1 Å². The normalized spacial score (nSPS) is 16.4. The van der Waals surface area contributed by atoms with Crippen molar-refractivity contribution in [2.45, 2.75) is 89.0 Å². The number of piperidine rings is 1. The summed E-state index contributed by atoms with van der Waals surface area (Å²) in [4.78, 5) is 81.0. The van der Waals surface area contributed by atoms with Gasteiger partial charge >= 0.3 is 0 Å². The van der Waals surface area contributed by atoms with Gasteiger partial charge < -0.3 is 37.2 Å². The minimum atomic E-state index is -1.03. The molecule has 0 aromatic heterocycles. The Kier molecular flexibility index (Phi) is 17.6. The number of nitrogens with zero attached hydrogens (tertiary/aromatic N) is 1. The molecule has 1 aliphatic rings. The zero-order chi connectivity index (χ0) is 38.0. The van der Waals surface area contributed by atoms with Crippen LogP contribution in [0.3, 0.4) is 0 Å². The molecule has 1 aliphatic heterocycles. The molecule has 7 N–H and O–H groups in total. The number of hydrogen-bond acceptors (Lipinski definition) is 8. The van der Waals surface area contributed by atoms with E-state index in [2.05, 4.69) is 26.6 Å². The molecule has 0 saturated carbocycles. The summed E-state index contributed by atoms with van der Waals surface area (Å²) in [5, 5.41) is 14.2. The van der Waals surface area contributed by atoms with Crippen molar-refractivity contribution in [1.82, 2.24) is 31.5 Å². The Morgan fingerprint density at radius 2 is 1.48 bits per heavy atom. The third kappa shape index (κ3) is 13.9. The van der Waals surface area contributed by atoms with E-state index in [1.165, 1.54) is 23.7 Å². The number of rotatable bonds is 20. The van der Waals surface area contributed by atoms with Crippen molar-refractivity contribution in [3.63, 3.8) is 0 Å². The number of benzene rings is 2. The van der Waals surface area contributed by atoms with Crippen molar-refractivity contribution >= 4 is 47.2 Å². The smallest absolute Gasteiger partial charge is 0.245 e. The van der Waals surface area contributed by atoms with E-state index >= 15 is 0 Å². The van der Waals surface area contributed by atoms with Gasteiger partial charge in [-0.25, -0.2) is 0 Å². The van der Waals surface area contributed by atoms with Gasteiger partial charge in [0.25, 0.3) is 0 Å². The van der Waals surface area contributed by atoms with Crippen molar-refractivity contribution < 1.29 is 28.8 Å². The first-order valence-corrected chi connectivity index (χ1v) is 19.3. The van der Waals surface area contributed by atoms with Gasteiger partial charge in [0.15, 0.2) is 0 Å². The zero-order valence-corrected chi connectivity index (χ0v) is 31.5. The Morgan fingerprint density at radius 3 is 2.04 bits per heavy atom. The average Bonchev–Trinajstić information content (AvgIpc) is 3.14. The Morgan fingerprint density at radius 1 is 0.846 bits per heavy atom. The molecule has 13 nitrogen and oxygen atoms in total. The SMILES string of the molecule is CSCC[C@H](NC(=O)[C@H](CC(C)C)NC(=O)CNC(=O)[C@H](Cc1ccccc1)N(C)C(=O)[C@H](Cc1ccccc1)NC(=O)[C@@H]1CCCCN1)C(N)=O. The molecular weight excluding hydrogens is 683 g/mol. The summed E-state index contributed by atoms with van der Waals surface area (Å²) in [7, 11) is 1.52. The molecule has 14 heteroatoms. The minimum Gasteiger partial charge on any atom is -0.368 e. The highest BCUT2D eigenvalue weighted by Gasteiger charge is 2.34. The van der Waals surface area contributed by atoms with Crippen LogP contribution in [0.5, 0.6) is 0 Å². The molecule has 0 aliphatic carbocycles. The Bertz CT molecular complexity index is 1470. The van der Waals surface area contributed by atoms with Crippen LogP contribution in [0.4, 0.5) is 0 Å². The average molecular weight is 738 g/mol. The van der Waals surface area contributed by atoms with Gasteiger partial charge in [-0.1, -0.05) is 80.9 Å². The Balaban J connectivity index is 1.77. The van der Waals surface area contributed by atoms with E-state index in [1.807, 2.05) is 80.8 Å². The standard InChI is InChI=1S/C38H55N7O6S/c1-25(2)21-30(36(49)43-28(34(39)47)18-20-52-4)42-33(46)24-41-37(50)32(23-27-15-9-6-10-16-27)45(3)38(51)31(22-26-13-7-5-8-14-26)44-35(48)29-17-11-12-19-40-29/h5-10,13-16,25,28-32,40H,11-12,17-24H2,1-4H3,(H2,39,47)(H,41,50)(H,42,46)(H,43,49)(H,44,48)/t28-,29-,30-,31-,32-/m0/s1. The Hall–Kier alpha value is -4.43. The fraction of sp³-hybridized carbons (Fsp3) is 0.526. The monoisotopic (exact) mass is 737 g/mol. The van der Waals surface area contributed by atoms with Crippen molar-refractivity contribution in [3.05, 3.63) is 71.8 Å². The summed E-state index contributed by atoms with van der Waals surface area (Å²) >= 11 is 1.51. The molecule has 5 atom stereocenters. The van der Waals surface area contributed by atoms with Crippen LogP contribution in [0, 0.1) is 5.92 Å². The lowest BCUT2D eigenvalue weighted by Gasteiger charge is -2.32. The first kappa shape index (κ1) is 42.0. The van der Waals surface area contributed by atoms with Crippen LogP contribution in [-0.4, -0.2) is 103 Å². The molecule has 1 fully saturated rings. The van der Waals surface area contributed by atoms with Crippen molar-refractivity contribution in [3.8, 4) is 0 Å². The molecule has 3 rings (SSSR count). The molecule has 0 bridgehead atoms. The molecule has 284 valence electrons. The van der Waals surface area contributed by atoms with Gasteiger partial charge in [0.2, 0.25) is 35.4 Å². The minimum absolute atomic E-state index is 0.0250. The summed E-state index contributed by atoms with van der Waals surface area (Å²) in [5.74, 6) is -2.48. The number of primary amides is 1. The topological polar surface area (TPSA) is 192 Å². The fourth-order valence-corrected chi connectivity index (χ4v) is 6.54. The van der Waals surface area contributed by atoms with Crippen molar-refractivity contribution in [1.29, 1.82) is 0 Å². The van der Waals surface area contributed by atoms with Crippen LogP contribution < -0.4 is 32.3 Å². The highest BCUT2D eigenvalue weighted by molar-refractivity contribution is 7.98. The Labute approximate surface area is 311 Å². The lowest BCUT2D eigenvalue weighted by atomic mass is 9.99. The largest absolute Gasteiger partial charge is 0.368 e. The third-order valence-electron chi connectivity index (χ3n) is 8.97. The highest BCUT2D eigenvalue weighted by Crippen LogP contribution is 2.14. The molecular formula is C38H55N7O6S. The molecule has 0 radical (unpaired) electrons. The van der Waals surface area contributed by atoms with Gasteiger partial charge in [-0.2, -0.15) is 11.8 Å². The molecule has 1 saturated heterocycles. The molecule has 2 aromatic carbocycles. The molecule has 52 heavy (non-hydrogen) atoms. The molecule has 6 amide bonds. The maximum atomic E-state index is 14.2.